The number of pyridine rings is 1. The molecule has 11 heteroatoms. The van der Waals surface area contributed by atoms with Crippen molar-refractivity contribution in [3.8, 4) is 33.3 Å². The Hall–Kier alpha value is -3.44. The van der Waals surface area contributed by atoms with Gasteiger partial charge in [-0.25, -0.2) is 9.37 Å². The molecule has 0 aliphatic heterocycles. The van der Waals surface area contributed by atoms with Crippen LogP contribution in [0.25, 0.3) is 27.5 Å². The fraction of sp³-hybridized carbons (Fsp3) is 0.333. The molecule has 1 fully saturated rings. The molecule has 0 bridgehead atoms. The van der Waals surface area contributed by atoms with Crippen LogP contribution in [-0.2, 0) is 0 Å². The lowest BCUT2D eigenvalue weighted by molar-refractivity contribution is 0.187. The molecular formula is C24H25F2N7OS. The number of rotatable bonds is 7. The first kappa shape index (κ1) is 23.3. The van der Waals surface area contributed by atoms with Gasteiger partial charge < -0.3 is 15.8 Å². The number of anilines is 1. The molecule has 182 valence electrons. The minimum Gasteiger partial charge on any atom is -0.490 e. The molecule has 0 unspecified atom stereocenters. The Kier molecular flexibility index (Phi) is 6.69. The molecule has 1 aliphatic carbocycles. The van der Waals surface area contributed by atoms with Gasteiger partial charge in [-0.05, 0) is 78.7 Å². The summed E-state index contributed by atoms with van der Waals surface area (Å²) >= 11 is 1.54. The van der Waals surface area contributed by atoms with Gasteiger partial charge >= 0.3 is 0 Å². The van der Waals surface area contributed by atoms with Crippen molar-refractivity contribution in [2.45, 2.75) is 31.7 Å². The summed E-state index contributed by atoms with van der Waals surface area (Å²) in [5, 5.41) is 16.8. The summed E-state index contributed by atoms with van der Waals surface area (Å²) in [7, 11) is 1.96. The topological polar surface area (TPSA) is 104 Å². The fourth-order valence-electron chi connectivity index (χ4n) is 4.37. The molecule has 1 saturated carbocycles. The second-order valence-corrected chi connectivity index (χ2v) is 9.52. The fourth-order valence-corrected chi connectivity index (χ4v) is 5.08. The van der Waals surface area contributed by atoms with Crippen molar-refractivity contribution in [1.82, 2.24) is 30.5 Å². The van der Waals surface area contributed by atoms with Gasteiger partial charge in [-0.15, -0.1) is 16.4 Å². The van der Waals surface area contributed by atoms with Gasteiger partial charge in [0.15, 0.2) is 17.4 Å². The zero-order chi connectivity index (χ0) is 24.4. The van der Waals surface area contributed by atoms with E-state index in [0.29, 0.717) is 24.1 Å². The number of nitrogens with one attached hydrogen (secondary N) is 1. The van der Waals surface area contributed by atoms with E-state index in [1.54, 1.807) is 23.6 Å². The van der Waals surface area contributed by atoms with Gasteiger partial charge in [0.2, 0.25) is 5.82 Å². The minimum atomic E-state index is -1.10. The van der Waals surface area contributed by atoms with Crippen molar-refractivity contribution in [2.75, 3.05) is 19.4 Å². The summed E-state index contributed by atoms with van der Waals surface area (Å²) in [4.78, 5) is 5.22. The summed E-state index contributed by atoms with van der Waals surface area (Å²) in [6, 6.07) is 8.98. The predicted molar refractivity (Wildman–Crippen MR) is 130 cm³/mol. The lowest BCUT2D eigenvalue weighted by Crippen LogP contribution is -2.31. The Labute approximate surface area is 205 Å². The smallest absolute Gasteiger partial charge is 0.202 e. The number of ether oxygens (including phenoxy) is 1. The number of tetrazole rings is 1. The number of nitrogen functional groups attached to an aromatic ring is 1. The number of halogens is 2. The largest absolute Gasteiger partial charge is 0.490 e. The summed E-state index contributed by atoms with van der Waals surface area (Å²) in [5.74, 6) is -1.66. The molecule has 3 N–H and O–H groups in total. The first-order valence-corrected chi connectivity index (χ1v) is 12.3. The maximum Gasteiger partial charge on any atom is 0.202 e. The molecule has 8 nitrogen and oxygen atoms in total. The molecule has 0 atom stereocenters. The highest BCUT2D eigenvalue weighted by Crippen LogP contribution is 2.33. The van der Waals surface area contributed by atoms with Gasteiger partial charge in [0.05, 0.1) is 12.2 Å². The summed E-state index contributed by atoms with van der Waals surface area (Å²) in [6.45, 7) is 0.347. The van der Waals surface area contributed by atoms with E-state index in [9.17, 15) is 4.39 Å². The third-order valence-corrected chi connectivity index (χ3v) is 7.34. The normalized spacial score (nSPS) is 18.0. The number of nitrogens with zero attached hydrogens (tertiary/aromatic N) is 5. The maximum atomic E-state index is 15.2. The van der Waals surface area contributed by atoms with E-state index in [-0.39, 0.29) is 23.1 Å². The molecule has 35 heavy (non-hydrogen) atoms. The van der Waals surface area contributed by atoms with Crippen LogP contribution in [0.5, 0.6) is 5.75 Å². The summed E-state index contributed by atoms with van der Waals surface area (Å²) in [6.07, 6.45) is 5.72. The zero-order valence-electron chi connectivity index (χ0n) is 19.1. The highest BCUT2D eigenvalue weighted by atomic mass is 32.1. The maximum absolute atomic E-state index is 15.2. The molecule has 0 radical (unpaired) electrons. The van der Waals surface area contributed by atoms with Crippen molar-refractivity contribution in [3.63, 3.8) is 0 Å². The molecule has 0 amide bonds. The third kappa shape index (κ3) is 4.73. The van der Waals surface area contributed by atoms with Crippen molar-refractivity contribution >= 4 is 17.2 Å². The van der Waals surface area contributed by atoms with Crippen LogP contribution in [0.15, 0.2) is 41.9 Å². The van der Waals surface area contributed by atoms with Gasteiger partial charge in [0.1, 0.15) is 11.5 Å². The Morgan fingerprint density at radius 2 is 2.00 bits per heavy atom. The first-order chi connectivity index (χ1) is 17.0. The van der Waals surface area contributed by atoms with Crippen LogP contribution in [-0.4, -0.2) is 44.9 Å². The van der Waals surface area contributed by atoms with Crippen LogP contribution < -0.4 is 15.8 Å². The number of hydrogen-bond donors (Lipinski definition) is 2. The number of aromatic nitrogens is 5. The average Bonchev–Trinajstić information content (AvgIpc) is 3.58. The second kappa shape index (κ2) is 10.0. The summed E-state index contributed by atoms with van der Waals surface area (Å²) in [5.41, 5.74) is 7.18. The van der Waals surface area contributed by atoms with Gasteiger partial charge in [0, 0.05) is 22.7 Å². The predicted octanol–water partition coefficient (Wildman–Crippen LogP) is 4.47. The van der Waals surface area contributed by atoms with E-state index in [2.05, 4.69) is 25.8 Å². The van der Waals surface area contributed by atoms with Crippen LogP contribution in [0.4, 0.5) is 14.6 Å². The highest BCUT2D eigenvalue weighted by molar-refractivity contribution is 7.13. The van der Waals surface area contributed by atoms with Gasteiger partial charge in [-0.3, -0.25) is 0 Å². The first-order valence-electron chi connectivity index (χ1n) is 11.4. The SMILES string of the molecule is CNC1CCC(COc2ccc(-n3nnnc3-c3cc(-c4cccs4)cnc3N)c(F)c2F)CC1. The Morgan fingerprint density at radius 1 is 1.17 bits per heavy atom. The Balaban J connectivity index is 1.39. The van der Waals surface area contributed by atoms with E-state index >= 15 is 4.39 Å². The standard InChI is InChI=1S/C24H25F2N7OS/c1-28-16-6-4-14(5-7-16)13-34-19-9-8-18(21(25)22(19)26)33-24(30-31-32-33)17-11-15(12-29-23(17)27)20-3-2-10-35-20/h2-3,8-12,14,16,28H,4-7,13H2,1H3,(H2,27,29). The minimum absolute atomic E-state index is 0.127. The molecule has 5 rings (SSSR count). The van der Waals surface area contributed by atoms with E-state index in [0.717, 1.165) is 40.8 Å². The number of benzene rings is 1. The van der Waals surface area contributed by atoms with Crippen molar-refractivity contribution in [1.29, 1.82) is 0 Å². The van der Waals surface area contributed by atoms with Gasteiger partial charge in [-0.2, -0.15) is 9.07 Å². The van der Waals surface area contributed by atoms with Crippen molar-refractivity contribution < 1.29 is 13.5 Å². The molecule has 3 aromatic heterocycles. The Morgan fingerprint density at radius 3 is 2.74 bits per heavy atom. The monoisotopic (exact) mass is 497 g/mol. The van der Waals surface area contributed by atoms with Crippen LogP contribution >= 0.6 is 11.3 Å². The lowest BCUT2D eigenvalue weighted by atomic mass is 9.87. The van der Waals surface area contributed by atoms with Crippen LogP contribution in [0.2, 0.25) is 0 Å². The lowest BCUT2D eigenvalue weighted by Gasteiger charge is -2.28. The molecule has 0 saturated heterocycles. The van der Waals surface area contributed by atoms with Crippen LogP contribution in [0.1, 0.15) is 25.7 Å². The second-order valence-electron chi connectivity index (χ2n) is 8.58. The van der Waals surface area contributed by atoms with E-state index in [4.69, 9.17) is 10.5 Å². The number of hydrogen-bond acceptors (Lipinski definition) is 8. The zero-order valence-corrected chi connectivity index (χ0v) is 19.9. The van der Waals surface area contributed by atoms with Crippen molar-refractivity contribution in [2.24, 2.45) is 5.92 Å². The van der Waals surface area contributed by atoms with Gasteiger partial charge in [-0.1, -0.05) is 6.07 Å². The molecule has 1 aromatic carbocycles. The molecule has 0 spiro atoms. The van der Waals surface area contributed by atoms with E-state index in [1.807, 2.05) is 24.6 Å². The number of thiophene rings is 1. The van der Waals surface area contributed by atoms with Gasteiger partial charge in [0.25, 0.3) is 0 Å². The van der Waals surface area contributed by atoms with E-state index in [1.165, 1.54) is 12.1 Å². The molecule has 3 heterocycles. The average molecular weight is 498 g/mol. The summed E-state index contributed by atoms with van der Waals surface area (Å²) < 4.78 is 36.9. The number of nitrogens with two attached hydrogens (primary N) is 1. The third-order valence-electron chi connectivity index (χ3n) is 6.42. The molecular weight excluding hydrogens is 472 g/mol. The van der Waals surface area contributed by atoms with Crippen molar-refractivity contribution in [3.05, 3.63) is 53.5 Å². The quantitative estimate of drug-likeness (QED) is 0.388. The Bertz CT molecular complexity index is 1300. The molecule has 4 aromatic rings. The van der Waals surface area contributed by atoms with Crippen LogP contribution in [0, 0.1) is 17.6 Å². The molecule has 1 aliphatic rings. The highest BCUT2D eigenvalue weighted by Gasteiger charge is 2.24. The van der Waals surface area contributed by atoms with E-state index < -0.39 is 11.6 Å². The van der Waals surface area contributed by atoms with Crippen LogP contribution in [0.3, 0.4) is 0 Å².